The molecule has 0 amide bonds. The lowest BCUT2D eigenvalue weighted by Gasteiger charge is -2.18. The fourth-order valence-corrected chi connectivity index (χ4v) is 2.36. The van der Waals surface area contributed by atoms with Crippen LogP contribution in [0.15, 0.2) is 54.6 Å². The Morgan fingerprint density at radius 2 is 1.83 bits per heavy atom. The van der Waals surface area contributed by atoms with Crippen LogP contribution in [-0.4, -0.2) is 17.8 Å². The zero-order valence-electron chi connectivity index (χ0n) is 13.3. The molecule has 2 rings (SSSR count). The zero-order chi connectivity index (χ0) is 16.5. The number of aliphatic hydroxyl groups excluding tert-OH is 1. The van der Waals surface area contributed by atoms with Gasteiger partial charge in [-0.05, 0) is 36.6 Å². The van der Waals surface area contributed by atoms with E-state index in [0.717, 1.165) is 5.56 Å². The number of hydrogen-bond donors (Lipinski definition) is 2. The van der Waals surface area contributed by atoms with Crippen molar-refractivity contribution in [3.63, 3.8) is 0 Å². The van der Waals surface area contributed by atoms with E-state index in [4.69, 9.17) is 10.00 Å². The second kappa shape index (κ2) is 8.94. The molecule has 0 aliphatic heterocycles. The van der Waals surface area contributed by atoms with Gasteiger partial charge in [-0.3, -0.25) is 0 Å². The highest BCUT2D eigenvalue weighted by Gasteiger charge is 2.10. The van der Waals surface area contributed by atoms with Crippen LogP contribution in [0.4, 0.5) is 0 Å². The summed E-state index contributed by atoms with van der Waals surface area (Å²) in [5, 5.41) is 21.5. The molecule has 23 heavy (non-hydrogen) atoms. The Kier molecular flexibility index (Phi) is 6.61. The second-order valence-corrected chi connectivity index (χ2v) is 5.39. The number of nitrogens with zero attached hydrogens (tertiary/aromatic N) is 1. The molecule has 0 fully saturated rings. The van der Waals surface area contributed by atoms with Gasteiger partial charge in [-0.25, -0.2) is 0 Å². The molecule has 0 aliphatic carbocycles. The van der Waals surface area contributed by atoms with E-state index in [9.17, 15) is 5.11 Å². The topological polar surface area (TPSA) is 65.3 Å². The van der Waals surface area contributed by atoms with Crippen LogP contribution in [0.5, 0.6) is 5.75 Å². The van der Waals surface area contributed by atoms with E-state index >= 15 is 0 Å². The van der Waals surface area contributed by atoms with Crippen LogP contribution >= 0.6 is 0 Å². The van der Waals surface area contributed by atoms with E-state index in [1.807, 2.05) is 48.5 Å². The monoisotopic (exact) mass is 310 g/mol. The summed E-state index contributed by atoms with van der Waals surface area (Å²) in [6.07, 6.45) is 0.219. The maximum absolute atomic E-state index is 9.26. The average Bonchev–Trinajstić information content (AvgIpc) is 2.60. The van der Waals surface area contributed by atoms with Crippen LogP contribution in [0, 0.1) is 11.3 Å². The summed E-state index contributed by atoms with van der Waals surface area (Å²) in [5.74, 6) is 0.692. The molecule has 2 atom stereocenters. The molecule has 1 unspecified atom stereocenters. The van der Waals surface area contributed by atoms with E-state index in [-0.39, 0.29) is 12.6 Å². The first-order chi connectivity index (χ1) is 11.2. The van der Waals surface area contributed by atoms with Crippen LogP contribution in [0.3, 0.4) is 0 Å². The SMILES string of the molecule is CC(C#N)Oc1ccc(CN[C@H](CCO)c2ccccc2)cc1. The molecule has 0 heterocycles. The van der Waals surface area contributed by atoms with Crippen LogP contribution in [0.1, 0.15) is 30.5 Å². The summed E-state index contributed by atoms with van der Waals surface area (Å²) in [7, 11) is 0. The summed E-state index contributed by atoms with van der Waals surface area (Å²) in [4.78, 5) is 0. The summed E-state index contributed by atoms with van der Waals surface area (Å²) in [6, 6.07) is 20.0. The molecule has 2 aromatic rings. The fourth-order valence-electron chi connectivity index (χ4n) is 2.36. The van der Waals surface area contributed by atoms with Gasteiger partial charge in [0.05, 0.1) is 0 Å². The van der Waals surface area contributed by atoms with Crippen molar-refractivity contribution in [1.82, 2.24) is 5.32 Å². The Labute approximate surface area is 137 Å². The van der Waals surface area contributed by atoms with Crippen LogP contribution in [0.25, 0.3) is 0 Å². The Hall–Kier alpha value is -2.35. The molecule has 4 nitrogen and oxygen atoms in total. The predicted octanol–water partition coefficient (Wildman–Crippen LogP) is 3.19. The highest BCUT2D eigenvalue weighted by Crippen LogP contribution is 2.18. The van der Waals surface area contributed by atoms with Gasteiger partial charge >= 0.3 is 0 Å². The molecule has 2 aromatic carbocycles. The van der Waals surface area contributed by atoms with Gasteiger partial charge in [-0.2, -0.15) is 5.26 Å². The van der Waals surface area contributed by atoms with Crippen molar-refractivity contribution >= 4 is 0 Å². The third-order valence-corrected chi connectivity index (χ3v) is 3.59. The minimum atomic E-state index is -0.453. The molecule has 4 heteroatoms. The number of nitriles is 1. The lowest BCUT2D eigenvalue weighted by atomic mass is 10.0. The smallest absolute Gasteiger partial charge is 0.181 e. The van der Waals surface area contributed by atoms with Crippen LogP contribution < -0.4 is 10.1 Å². The average molecular weight is 310 g/mol. The maximum Gasteiger partial charge on any atom is 0.181 e. The summed E-state index contributed by atoms with van der Waals surface area (Å²) < 4.78 is 5.44. The molecule has 0 spiro atoms. The first-order valence-electron chi connectivity index (χ1n) is 7.77. The predicted molar refractivity (Wildman–Crippen MR) is 89.9 cm³/mol. The van der Waals surface area contributed by atoms with Gasteiger partial charge in [0.15, 0.2) is 6.10 Å². The minimum Gasteiger partial charge on any atom is -0.476 e. The Morgan fingerprint density at radius 1 is 1.13 bits per heavy atom. The molecule has 120 valence electrons. The summed E-state index contributed by atoms with van der Waals surface area (Å²) >= 11 is 0. The van der Waals surface area contributed by atoms with Gasteiger partial charge in [0.1, 0.15) is 11.8 Å². The molecule has 0 bridgehead atoms. The quantitative estimate of drug-likeness (QED) is 0.786. The highest BCUT2D eigenvalue weighted by molar-refractivity contribution is 5.28. The van der Waals surface area contributed by atoms with Crippen molar-refractivity contribution in [2.24, 2.45) is 0 Å². The lowest BCUT2D eigenvalue weighted by Crippen LogP contribution is -2.22. The first kappa shape index (κ1) is 17.0. The van der Waals surface area contributed by atoms with Crippen LogP contribution in [0.2, 0.25) is 0 Å². The maximum atomic E-state index is 9.26. The normalized spacial score (nSPS) is 13.1. The number of nitrogens with one attached hydrogen (secondary N) is 1. The molecule has 0 radical (unpaired) electrons. The van der Waals surface area contributed by atoms with E-state index < -0.39 is 6.10 Å². The minimum absolute atomic E-state index is 0.121. The fraction of sp³-hybridized carbons (Fsp3) is 0.316. The van der Waals surface area contributed by atoms with E-state index in [1.165, 1.54) is 5.56 Å². The van der Waals surface area contributed by atoms with E-state index in [2.05, 4.69) is 17.4 Å². The highest BCUT2D eigenvalue weighted by atomic mass is 16.5. The van der Waals surface area contributed by atoms with Crippen molar-refractivity contribution < 1.29 is 9.84 Å². The molecule has 2 N–H and O–H groups in total. The molecular formula is C19H22N2O2. The molecule has 0 aromatic heterocycles. The largest absolute Gasteiger partial charge is 0.476 e. The molecule has 0 saturated carbocycles. The number of rotatable bonds is 8. The van der Waals surface area contributed by atoms with Gasteiger partial charge < -0.3 is 15.2 Å². The Bertz CT molecular complexity index is 620. The Balaban J connectivity index is 1.94. The number of ether oxygens (including phenoxy) is 1. The zero-order valence-corrected chi connectivity index (χ0v) is 13.3. The third-order valence-electron chi connectivity index (χ3n) is 3.59. The summed E-state index contributed by atoms with van der Waals surface area (Å²) in [6.45, 7) is 2.56. The third kappa shape index (κ3) is 5.41. The van der Waals surface area contributed by atoms with Gasteiger partial charge in [-0.1, -0.05) is 42.5 Å². The van der Waals surface area contributed by atoms with Gasteiger partial charge in [0.25, 0.3) is 0 Å². The molecular weight excluding hydrogens is 288 g/mol. The second-order valence-electron chi connectivity index (χ2n) is 5.39. The van der Waals surface area contributed by atoms with Crippen LogP contribution in [-0.2, 0) is 6.54 Å². The van der Waals surface area contributed by atoms with Crippen molar-refractivity contribution in [3.8, 4) is 11.8 Å². The van der Waals surface area contributed by atoms with Gasteiger partial charge in [0.2, 0.25) is 0 Å². The standard InChI is InChI=1S/C19H22N2O2/c1-15(13-20)23-18-9-7-16(8-10-18)14-21-19(11-12-22)17-5-3-2-4-6-17/h2-10,15,19,21-22H,11-12,14H2,1H3/t15?,19-/m1/s1. The number of aliphatic hydroxyl groups is 1. The van der Waals surface area contributed by atoms with Crippen molar-refractivity contribution in [2.45, 2.75) is 32.0 Å². The first-order valence-corrected chi connectivity index (χ1v) is 7.77. The van der Waals surface area contributed by atoms with E-state index in [1.54, 1.807) is 6.92 Å². The summed E-state index contributed by atoms with van der Waals surface area (Å²) in [5.41, 5.74) is 2.30. The van der Waals surface area contributed by atoms with Gasteiger partial charge in [-0.15, -0.1) is 0 Å². The van der Waals surface area contributed by atoms with E-state index in [0.29, 0.717) is 18.7 Å². The van der Waals surface area contributed by atoms with Crippen molar-refractivity contribution in [1.29, 1.82) is 5.26 Å². The molecule has 0 aliphatic rings. The lowest BCUT2D eigenvalue weighted by molar-refractivity contribution is 0.265. The molecule has 0 saturated heterocycles. The van der Waals surface area contributed by atoms with Crippen molar-refractivity contribution in [2.75, 3.05) is 6.61 Å². The Morgan fingerprint density at radius 3 is 2.43 bits per heavy atom. The van der Waals surface area contributed by atoms with Gasteiger partial charge in [0, 0.05) is 19.2 Å². The van der Waals surface area contributed by atoms with Crippen molar-refractivity contribution in [3.05, 3.63) is 65.7 Å². The number of hydrogen-bond acceptors (Lipinski definition) is 4. The number of benzene rings is 2.